The van der Waals surface area contributed by atoms with Gasteiger partial charge in [0.15, 0.2) is 5.96 Å². The minimum absolute atomic E-state index is 0.0786. The van der Waals surface area contributed by atoms with Gasteiger partial charge in [-0.1, -0.05) is 0 Å². The number of hydrogen-bond donors (Lipinski definition) is 2. The van der Waals surface area contributed by atoms with Crippen LogP contribution in [0.3, 0.4) is 0 Å². The molecule has 2 N–H and O–H groups in total. The fourth-order valence-corrected chi connectivity index (χ4v) is 3.25. The van der Waals surface area contributed by atoms with Crippen LogP contribution in [-0.2, 0) is 14.3 Å². The first-order valence-electron chi connectivity index (χ1n) is 9.68. The summed E-state index contributed by atoms with van der Waals surface area (Å²) in [6, 6.07) is 0. The molecule has 25 heavy (non-hydrogen) atoms. The Morgan fingerprint density at radius 3 is 2.52 bits per heavy atom. The lowest BCUT2D eigenvalue weighted by atomic mass is 10.3. The van der Waals surface area contributed by atoms with E-state index in [0.717, 1.165) is 58.2 Å². The highest BCUT2D eigenvalue weighted by Gasteiger charge is 2.19. The average Bonchev–Trinajstić information content (AvgIpc) is 3.29. The number of ether oxygens (including phenoxy) is 1. The molecule has 1 aliphatic carbocycles. The van der Waals surface area contributed by atoms with E-state index < -0.39 is 0 Å². The molecular weight excluding hydrogens is 320 g/mol. The highest BCUT2D eigenvalue weighted by Crippen LogP contribution is 2.21. The van der Waals surface area contributed by atoms with Gasteiger partial charge >= 0.3 is 5.97 Å². The summed E-state index contributed by atoms with van der Waals surface area (Å²) in [5.74, 6) is 0.592. The van der Waals surface area contributed by atoms with Crippen molar-refractivity contribution in [2.75, 3.05) is 32.7 Å². The third-order valence-electron chi connectivity index (χ3n) is 4.63. The van der Waals surface area contributed by atoms with E-state index in [1.165, 1.54) is 0 Å². The summed E-state index contributed by atoms with van der Waals surface area (Å²) >= 11 is 0. The summed E-state index contributed by atoms with van der Waals surface area (Å²) in [5.41, 5.74) is 0. The molecule has 0 aromatic rings. The van der Waals surface area contributed by atoms with Gasteiger partial charge in [0.2, 0.25) is 5.91 Å². The summed E-state index contributed by atoms with van der Waals surface area (Å²) in [5, 5.41) is 6.30. The molecule has 1 saturated heterocycles. The summed E-state index contributed by atoms with van der Waals surface area (Å²) in [6.45, 7) is 5.21. The number of nitrogens with zero attached hydrogens (tertiary/aromatic N) is 2. The Morgan fingerprint density at radius 2 is 1.84 bits per heavy atom. The molecular formula is C18H32N4O3. The smallest absolute Gasteiger partial charge is 0.306 e. The van der Waals surface area contributed by atoms with Gasteiger partial charge in [0, 0.05) is 32.6 Å². The van der Waals surface area contributed by atoms with E-state index in [9.17, 15) is 9.59 Å². The quantitative estimate of drug-likeness (QED) is 0.299. The number of aliphatic imine (C=N–C) groups is 1. The zero-order valence-corrected chi connectivity index (χ0v) is 15.4. The van der Waals surface area contributed by atoms with Gasteiger partial charge in [-0.2, -0.15) is 0 Å². The number of carbonyl (C=O) groups excluding carboxylic acids is 2. The van der Waals surface area contributed by atoms with Gasteiger partial charge in [-0.15, -0.1) is 0 Å². The number of nitrogens with one attached hydrogen (secondary N) is 2. The number of esters is 1. The lowest BCUT2D eigenvalue weighted by molar-refractivity contribution is -0.148. The average molecular weight is 352 g/mol. The zero-order valence-electron chi connectivity index (χ0n) is 15.4. The fraction of sp³-hybridized carbons (Fsp3) is 0.833. The molecule has 0 unspecified atom stereocenters. The number of amides is 1. The van der Waals surface area contributed by atoms with E-state index in [1.54, 1.807) is 0 Å². The zero-order chi connectivity index (χ0) is 17.9. The third kappa shape index (κ3) is 7.32. The second-order valence-corrected chi connectivity index (χ2v) is 6.71. The van der Waals surface area contributed by atoms with Crippen molar-refractivity contribution in [3.63, 3.8) is 0 Å². The summed E-state index contributed by atoms with van der Waals surface area (Å²) in [6.07, 6.45) is 7.76. The van der Waals surface area contributed by atoms with Gasteiger partial charge in [-0.3, -0.25) is 9.59 Å². The van der Waals surface area contributed by atoms with E-state index in [4.69, 9.17) is 4.74 Å². The monoisotopic (exact) mass is 352 g/mol. The van der Waals surface area contributed by atoms with E-state index >= 15 is 0 Å². The molecule has 0 aromatic carbocycles. The van der Waals surface area contributed by atoms with Gasteiger partial charge in [0.25, 0.3) is 0 Å². The van der Waals surface area contributed by atoms with Crippen molar-refractivity contribution < 1.29 is 14.3 Å². The molecule has 2 fully saturated rings. The van der Waals surface area contributed by atoms with Gasteiger partial charge in [0.05, 0.1) is 0 Å². The van der Waals surface area contributed by atoms with Crippen LogP contribution in [0.1, 0.15) is 58.3 Å². The lowest BCUT2D eigenvalue weighted by Gasteiger charge is -2.15. The van der Waals surface area contributed by atoms with Gasteiger partial charge in [-0.25, -0.2) is 4.99 Å². The third-order valence-corrected chi connectivity index (χ3v) is 4.63. The molecule has 0 bridgehead atoms. The molecule has 7 heteroatoms. The number of hydrogen-bond acceptors (Lipinski definition) is 4. The molecule has 0 radical (unpaired) electrons. The van der Waals surface area contributed by atoms with Crippen molar-refractivity contribution in [2.45, 2.75) is 64.4 Å². The van der Waals surface area contributed by atoms with Crippen LogP contribution in [0.4, 0.5) is 0 Å². The highest BCUT2D eigenvalue weighted by molar-refractivity contribution is 5.85. The van der Waals surface area contributed by atoms with E-state index in [2.05, 4.69) is 15.6 Å². The number of likely N-dealkylation sites (tertiary alicyclic amines) is 1. The van der Waals surface area contributed by atoms with Crippen LogP contribution in [-0.4, -0.2) is 61.6 Å². The molecule has 1 aliphatic heterocycles. The minimum atomic E-state index is -0.111. The van der Waals surface area contributed by atoms with Gasteiger partial charge < -0.3 is 20.3 Å². The topological polar surface area (TPSA) is 83.0 Å². The first kappa shape index (κ1) is 19.5. The second-order valence-electron chi connectivity index (χ2n) is 6.71. The highest BCUT2D eigenvalue weighted by atomic mass is 16.5. The number of rotatable bonds is 8. The SMILES string of the molecule is CCNC(=NCC(=O)N1CCCC1)NCCCC(=O)OC1CCCC1. The molecule has 1 heterocycles. The van der Waals surface area contributed by atoms with Crippen LogP contribution >= 0.6 is 0 Å². The molecule has 1 amide bonds. The maximum atomic E-state index is 12.0. The minimum Gasteiger partial charge on any atom is -0.462 e. The predicted octanol–water partition coefficient (Wildman–Crippen LogP) is 1.43. The van der Waals surface area contributed by atoms with Crippen LogP contribution in [0.25, 0.3) is 0 Å². The Labute approximate surface area is 150 Å². The van der Waals surface area contributed by atoms with Crippen LogP contribution in [0.5, 0.6) is 0 Å². The van der Waals surface area contributed by atoms with Crippen molar-refractivity contribution in [2.24, 2.45) is 4.99 Å². The maximum absolute atomic E-state index is 12.0. The Bertz CT molecular complexity index is 455. The van der Waals surface area contributed by atoms with E-state index in [0.29, 0.717) is 25.3 Å². The molecule has 0 aromatic heterocycles. The van der Waals surface area contributed by atoms with Crippen LogP contribution < -0.4 is 10.6 Å². The fourth-order valence-electron chi connectivity index (χ4n) is 3.25. The lowest BCUT2D eigenvalue weighted by Crippen LogP contribution is -2.39. The Morgan fingerprint density at radius 1 is 1.12 bits per heavy atom. The first-order valence-corrected chi connectivity index (χ1v) is 9.68. The van der Waals surface area contributed by atoms with Gasteiger partial charge in [0.1, 0.15) is 12.6 Å². The Kier molecular flexibility index (Phi) is 8.55. The second kappa shape index (κ2) is 10.9. The normalized spacial score (nSPS) is 18.4. The molecule has 7 nitrogen and oxygen atoms in total. The molecule has 2 rings (SSSR count). The summed E-state index contributed by atoms with van der Waals surface area (Å²) in [7, 11) is 0. The van der Waals surface area contributed by atoms with Crippen LogP contribution in [0, 0.1) is 0 Å². The standard InChI is InChI=1S/C18H32N4O3/c1-2-19-18(21-14-16(23)22-12-5-6-13-22)20-11-7-10-17(24)25-15-8-3-4-9-15/h15H,2-14H2,1H3,(H2,19,20,21). The number of guanidine groups is 1. The van der Waals surface area contributed by atoms with E-state index in [1.807, 2.05) is 11.8 Å². The maximum Gasteiger partial charge on any atom is 0.306 e. The predicted molar refractivity (Wildman–Crippen MR) is 97.4 cm³/mol. The molecule has 0 atom stereocenters. The largest absolute Gasteiger partial charge is 0.462 e. The molecule has 1 saturated carbocycles. The van der Waals surface area contributed by atoms with Crippen molar-refractivity contribution >= 4 is 17.8 Å². The molecule has 142 valence electrons. The van der Waals surface area contributed by atoms with E-state index in [-0.39, 0.29) is 24.5 Å². The first-order chi connectivity index (χ1) is 12.2. The van der Waals surface area contributed by atoms with Gasteiger partial charge in [-0.05, 0) is 51.9 Å². The van der Waals surface area contributed by atoms with Crippen molar-refractivity contribution in [3.05, 3.63) is 0 Å². The molecule has 2 aliphatic rings. The molecule has 0 spiro atoms. The van der Waals surface area contributed by atoms with Crippen LogP contribution in [0.2, 0.25) is 0 Å². The van der Waals surface area contributed by atoms with Crippen molar-refractivity contribution in [1.82, 2.24) is 15.5 Å². The summed E-state index contributed by atoms with van der Waals surface area (Å²) < 4.78 is 5.44. The summed E-state index contributed by atoms with van der Waals surface area (Å²) in [4.78, 5) is 30.0. The Hall–Kier alpha value is -1.79. The number of carbonyl (C=O) groups is 2. The van der Waals surface area contributed by atoms with Crippen LogP contribution in [0.15, 0.2) is 4.99 Å². The Balaban J connectivity index is 1.63. The van der Waals surface area contributed by atoms with Crippen molar-refractivity contribution in [3.8, 4) is 0 Å². The van der Waals surface area contributed by atoms with Crippen molar-refractivity contribution in [1.29, 1.82) is 0 Å².